The number of carbonyl (C=O) groups is 3. The molecule has 1 rings (SSSR count). The van der Waals surface area contributed by atoms with Gasteiger partial charge in [0, 0.05) is 6.42 Å². The molecule has 96 valence electrons. The van der Waals surface area contributed by atoms with Gasteiger partial charge in [0.25, 0.3) is 0 Å². The molecule has 6 heteroatoms. The number of hydrogen-bond acceptors (Lipinski definition) is 4. The number of ether oxygens (including phenoxy) is 1. The molecule has 0 saturated heterocycles. The van der Waals surface area contributed by atoms with Crippen LogP contribution in [0.5, 0.6) is 0 Å². The van der Waals surface area contributed by atoms with Crippen LogP contribution < -0.4 is 0 Å². The highest BCUT2D eigenvalue weighted by molar-refractivity contribution is 6.33. The highest BCUT2D eigenvalue weighted by Crippen LogP contribution is 2.05. The van der Waals surface area contributed by atoms with Crippen LogP contribution in [0.2, 0.25) is 0 Å². The second kappa shape index (κ2) is 6.48. The van der Waals surface area contributed by atoms with Gasteiger partial charge in [0.1, 0.15) is 12.4 Å². The molecular formula is C12H11FO5. The van der Waals surface area contributed by atoms with Crippen molar-refractivity contribution in [1.82, 2.24) is 0 Å². The number of carboxylic acid groups (broad SMARTS) is 1. The van der Waals surface area contributed by atoms with Crippen LogP contribution in [0.3, 0.4) is 0 Å². The lowest BCUT2D eigenvalue weighted by Crippen LogP contribution is -2.18. The van der Waals surface area contributed by atoms with E-state index >= 15 is 0 Å². The first-order chi connectivity index (χ1) is 8.49. The molecule has 0 atom stereocenters. The Labute approximate surface area is 102 Å². The summed E-state index contributed by atoms with van der Waals surface area (Å²) in [4.78, 5) is 32.5. The van der Waals surface area contributed by atoms with Gasteiger partial charge < -0.3 is 9.84 Å². The van der Waals surface area contributed by atoms with E-state index in [1.807, 2.05) is 0 Å². The number of carboxylic acids is 1. The average Bonchev–Trinajstić information content (AvgIpc) is 2.34. The van der Waals surface area contributed by atoms with E-state index in [0.29, 0.717) is 5.56 Å². The molecule has 1 N–H and O–H groups in total. The molecule has 0 aliphatic heterocycles. The Hall–Kier alpha value is -2.24. The first kappa shape index (κ1) is 13.8. The Morgan fingerprint density at radius 1 is 1.11 bits per heavy atom. The third-order valence-electron chi connectivity index (χ3n) is 2.08. The predicted molar refractivity (Wildman–Crippen MR) is 58.1 cm³/mol. The Morgan fingerprint density at radius 2 is 1.72 bits per heavy atom. The number of Topliss-reactive ketones (excluding diaryl/α,β-unsaturated/α-hetero) is 1. The van der Waals surface area contributed by atoms with Crippen molar-refractivity contribution < 1.29 is 28.6 Å². The van der Waals surface area contributed by atoms with E-state index in [9.17, 15) is 18.8 Å². The van der Waals surface area contributed by atoms with Crippen LogP contribution in [0.25, 0.3) is 0 Å². The number of halogens is 1. The zero-order chi connectivity index (χ0) is 13.5. The van der Waals surface area contributed by atoms with Crippen LogP contribution in [-0.2, 0) is 25.7 Å². The largest absolute Gasteiger partial charge is 0.481 e. The van der Waals surface area contributed by atoms with Crippen LogP contribution in [0.15, 0.2) is 24.3 Å². The molecule has 0 saturated carbocycles. The highest BCUT2D eigenvalue weighted by Gasteiger charge is 2.16. The van der Waals surface area contributed by atoms with Crippen molar-refractivity contribution in [3.8, 4) is 0 Å². The fourth-order valence-corrected chi connectivity index (χ4v) is 1.13. The molecule has 0 fully saturated rings. The minimum atomic E-state index is -1.16. The van der Waals surface area contributed by atoms with Gasteiger partial charge in [-0.1, -0.05) is 12.1 Å². The summed E-state index contributed by atoms with van der Waals surface area (Å²) >= 11 is 0. The molecule has 0 unspecified atom stereocenters. The Bertz CT molecular complexity index is 452. The minimum absolute atomic E-state index is 0.155. The number of hydrogen-bond donors (Lipinski definition) is 1. The number of benzene rings is 1. The van der Waals surface area contributed by atoms with Gasteiger partial charge in [-0.3, -0.25) is 9.59 Å². The van der Waals surface area contributed by atoms with Crippen molar-refractivity contribution in [1.29, 1.82) is 0 Å². The number of aliphatic carboxylic acids is 1. The Morgan fingerprint density at radius 3 is 2.28 bits per heavy atom. The maximum absolute atomic E-state index is 12.6. The lowest BCUT2D eigenvalue weighted by Gasteiger charge is -2.03. The normalized spacial score (nSPS) is 9.83. The van der Waals surface area contributed by atoms with Gasteiger partial charge in [0.15, 0.2) is 0 Å². The van der Waals surface area contributed by atoms with Crippen LogP contribution >= 0.6 is 0 Å². The highest BCUT2D eigenvalue weighted by atomic mass is 19.1. The standard InChI is InChI=1S/C12H11FO5/c13-9-3-1-8(2-4-9)7-18-12(17)10(14)5-6-11(15)16/h1-4H,5-7H2,(H,15,16). The van der Waals surface area contributed by atoms with Crippen LogP contribution in [0.1, 0.15) is 18.4 Å². The van der Waals surface area contributed by atoms with E-state index in [1.165, 1.54) is 24.3 Å². The SMILES string of the molecule is O=C(O)CCC(=O)C(=O)OCc1ccc(F)cc1. The molecule has 5 nitrogen and oxygen atoms in total. The summed E-state index contributed by atoms with van der Waals surface area (Å²) in [6, 6.07) is 5.25. The van der Waals surface area contributed by atoms with Crippen molar-refractivity contribution in [2.45, 2.75) is 19.4 Å². The summed E-state index contributed by atoms with van der Waals surface area (Å²) in [6.07, 6.45) is -0.804. The molecule has 1 aromatic rings. The van der Waals surface area contributed by atoms with Crippen molar-refractivity contribution >= 4 is 17.7 Å². The van der Waals surface area contributed by atoms with Gasteiger partial charge in [-0.25, -0.2) is 9.18 Å². The van der Waals surface area contributed by atoms with Gasteiger partial charge in [-0.15, -0.1) is 0 Å². The summed E-state index contributed by atoms with van der Waals surface area (Å²) in [5.41, 5.74) is 0.538. The first-order valence-corrected chi connectivity index (χ1v) is 5.15. The van der Waals surface area contributed by atoms with Gasteiger partial charge in [-0.2, -0.15) is 0 Å². The van der Waals surface area contributed by atoms with Crippen molar-refractivity contribution in [2.24, 2.45) is 0 Å². The van der Waals surface area contributed by atoms with Gasteiger partial charge in [-0.05, 0) is 17.7 Å². The number of esters is 1. The topological polar surface area (TPSA) is 80.7 Å². The fourth-order valence-electron chi connectivity index (χ4n) is 1.13. The van der Waals surface area contributed by atoms with E-state index in [0.717, 1.165) is 0 Å². The lowest BCUT2D eigenvalue weighted by atomic mass is 10.2. The summed E-state index contributed by atoms with van der Waals surface area (Å²) in [6.45, 7) is -0.155. The van der Waals surface area contributed by atoms with E-state index < -0.39 is 36.4 Å². The smallest absolute Gasteiger partial charge is 0.374 e. The van der Waals surface area contributed by atoms with Crippen LogP contribution in [0, 0.1) is 5.82 Å². The first-order valence-electron chi connectivity index (χ1n) is 5.15. The Balaban J connectivity index is 2.38. The van der Waals surface area contributed by atoms with Gasteiger partial charge in [0.05, 0.1) is 6.42 Å². The maximum Gasteiger partial charge on any atom is 0.374 e. The van der Waals surface area contributed by atoms with E-state index in [2.05, 4.69) is 4.74 Å². The zero-order valence-electron chi connectivity index (χ0n) is 9.39. The van der Waals surface area contributed by atoms with E-state index in [-0.39, 0.29) is 6.61 Å². The molecule has 0 spiro atoms. The van der Waals surface area contributed by atoms with Gasteiger partial charge >= 0.3 is 11.9 Å². The van der Waals surface area contributed by atoms with E-state index in [1.54, 1.807) is 0 Å². The molecule has 0 aromatic heterocycles. The molecule has 0 bridgehead atoms. The fraction of sp³-hybridized carbons (Fsp3) is 0.250. The summed E-state index contributed by atoms with van der Waals surface area (Å²) in [5.74, 6) is -3.54. The third kappa shape index (κ3) is 4.73. The molecule has 0 heterocycles. The summed E-state index contributed by atoms with van der Waals surface area (Å²) in [5, 5.41) is 8.34. The number of rotatable bonds is 6. The summed E-state index contributed by atoms with van der Waals surface area (Å²) < 4.78 is 17.2. The molecule has 1 aromatic carbocycles. The second-order valence-electron chi connectivity index (χ2n) is 3.52. The van der Waals surface area contributed by atoms with Crippen molar-refractivity contribution in [3.05, 3.63) is 35.6 Å². The monoisotopic (exact) mass is 254 g/mol. The van der Waals surface area contributed by atoms with Crippen molar-refractivity contribution in [3.63, 3.8) is 0 Å². The van der Waals surface area contributed by atoms with Crippen LogP contribution in [0.4, 0.5) is 4.39 Å². The molecule has 18 heavy (non-hydrogen) atoms. The van der Waals surface area contributed by atoms with Gasteiger partial charge in [0.2, 0.25) is 5.78 Å². The average molecular weight is 254 g/mol. The molecule has 0 aliphatic rings. The lowest BCUT2D eigenvalue weighted by molar-refractivity contribution is -0.155. The molecule has 0 amide bonds. The minimum Gasteiger partial charge on any atom is -0.481 e. The van der Waals surface area contributed by atoms with Crippen molar-refractivity contribution in [2.75, 3.05) is 0 Å². The second-order valence-corrected chi connectivity index (χ2v) is 3.52. The van der Waals surface area contributed by atoms with E-state index in [4.69, 9.17) is 5.11 Å². The Kier molecular flexibility index (Phi) is 4.98. The number of carbonyl (C=O) groups excluding carboxylic acids is 2. The predicted octanol–water partition coefficient (Wildman–Crippen LogP) is 1.30. The number of ketones is 1. The molecular weight excluding hydrogens is 243 g/mol. The maximum atomic E-state index is 12.6. The third-order valence-corrected chi connectivity index (χ3v) is 2.08. The summed E-state index contributed by atoms with van der Waals surface area (Å²) in [7, 11) is 0. The zero-order valence-corrected chi connectivity index (χ0v) is 9.39. The van der Waals surface area contributed by atoms with Crippen LogP contribution in [-0.4, -0.2) is 22.8 Å². The molecule has 0 radical (unpaired) electrons. The quantitative estimate of drug-likeness (QED) is 0.611. The molecule has 0 aliphatic carbocycles.